The van der Waals surface area contributed by atoms with E-state index in [2.05, 4.69) is 20.4 Å². The van der Waals surface area contributed by atoms with E-state index in [0.717, 1.165) is 25.7 Å². The van der Waals surface area contributed by atoms with Crippen molar-refractivity contribution in [3.63, 3.8) is 0 Å². The fourth-order valence-electron chi connectivity index (χ4n) is 2.34. The van der Waals surface area contributed by atoms with Crippen LogP contribution in [0.5, 0.6) is 0 Å². The Kier molecular flexibility index (Phi) is 4.60. The molecule has 1 fully saturated rings. The predicted molar refractivity (Wildman–Crippen MR) is 81.3 cm³/mol. The third-order valence-corrected chi connectivity index (χ3v) is 4.13. The van der Waals surface area contributed by atoms with Crippen molar-refractivity contribution >= 4 is 34.8 Å². The van der Waals surface area contributed by atoms with E-state index < -0.39 is 5.54 Å². The summed E-state index contributed by atoms with van der Waals surface area (Å²) in [4.78, 5) is 19.6. The van der Waals surface area contributed by atoms with Gasteiger partial charge in [0.1, 0.15) is 5.69 Å². The Morgan fingerprint density at radius 3 is 2.81 bits per heavy atom. The summed E-state index contributed by atoms with van der Waals surface area (Å²) in [6.45, 7) is 1.43. The van der Waals surface area contributed by atoms with Gasteiger partial charge in [0.2, 0.25) is 5.91 Å². The van der Waals surface area contributed by atoms with Crippen LogP contribution in [0.1, 0.15) is 38.4 Å². The number of anilines is 1. The molecule has 1 aliphatic carbocycles. The smallest absolute Gasteiger partial charge is 0.277 e. The largest absolute Gasteiger partial charge is 0.332 e. The van der Waals surface area contributed by atoms with Crippen molar-refractivity contribution < 1.29 is 9.32 Å². The molecule has 0 aromatic carbocycles. The molecule has 2 aromatic heterocycles. The average molecular weight is 330 g/mol. The van der Waals surface area contributed by atoms with Crippen LogP contribution in [-0.4, -0.2) is 21.0 Å². The Balaban J connectivity index is 0.00000161. The van der Waals surface area contributed by atoms with E-state index >= 15 is 0 Å². The Morgan fingerprint density at radius 1 is 1.43 bits per heavy atom. The second kappa shape index (κ2) is 6.08. The molecule has 0 radical (unpaired) electrons. The van der Waals surface area contributed by atoms with Gasteiger partial charge in [0.05, 0.1) is 5.54 Å². The highest BCUT2D eigenvalue weighted by Gasteiger charge is 2.36. The van der Waals surface area contributed by atoms with Crippen LogP contribution in [0.15, 0.2) is 9.90 Å². The van der Waals surface area contributed by atoms with Crippen LogP contribution >= 0.6 is 23.7 Å². The summed E-state index contributed by atoms with van der Waals surface area (Å²) in [7, 11) is 0. The van der Waals surface area contributed by atoms with Gasteiger partial charge in [-0.1, -0.05) is 18.0 Å². The monoisotopic (exact) mass is 329 g/mol. The van der Waals surface area contributed by atoms with Crippen molar-refractivity contribution in [2.45, 2.75) is 38.1 Å². The SMILES string of the molecule is CC(=O)Nc1nc(-c2nc(C3(N)CCCC3)no2)cs1.Cl. The zero-order valence-electron chi connectivity index (χ0n) is 11.5. The summed E-state index contributed by atoms with van der Waals surface area (Å²) >= 11 is 1.31. The van der Waals surface area contributed by atoms with E-state index in [1.165, 1.54) is 18.3 Å². The Labute approximate surface area is 131 Å². The summed E-state index contributed by atoms with van der Waals surface area (Å²) in [6.07, 6.45) is 3.92. The fraction of sp³-hybridized carbons (Fsp3) is 0.500. The molecular weight excluding hydrogens is 314 g/mol. The van der Waals surface area contributed by atoms with Gasteiger partial charge in [-0.05, 0) is 12.8 Å². The first-order valence-corrected chi connectivity index (χ1v) is 7.31. The first-order chi connectivity index (χ1) is 9.57. The summed E-state index contributed by atoms with van der Waals surface area (Å²) < 4.78 is 5.24. The topological polar surface area (TPSA) is 107 Å². The first kappa shape index (κ1) is 15.9. The molecular formula is C12H16ClN5O2S. The molecule has 2 heterocycles. The average Bonchev–Trinajstić information content (AvgIpc) is 3.06. The van der Waals surface area contributed by atoms with Gasteiger partial charge in [-0.15, -0.1) is 23.7 Å². The van der Waals surface area contributed by atoms with Gasteiger partial charge in [0.15, 0.2) is 11.0 Å². The van der Waals surface area contributed by atoms with Crippen molar-refractivity contribution in [1.82, 2.24) is 15.1 Å². The quantitative estimate of drug-likeness (QED) is 0.894. The number of nitrogens with one attached hydrogen (secondary N) is 1. The summed E-state index contributed by atoms with van der Waals surface area (Å²) in [5, 5.41) is 8.88. The van der Waals surface area contributed by atoms with Crippen molar-refractivity contribution in [2.75, 3.05) is 5.32 Å². The molecule has 7 nitrogen and oxygen atoms in total. The molecule has 9 heteroatoms. The predicted octanol–water partition coefficient (Wildman–Crippen LogP) is 2.30. The number of thiazole rings is 1. The number of carbonyl (C=O) groups excluding carboxylic acids is 1. The van der Waals surface area contributed by atoms with Gasteiger partial charge >= 0.3 is 0 Å². The lowest BCUT2D eigenvalue weighted by Crippen LogP contribution is -2.34. The lowest BCUT2D eigenvalue weighted by molar-refractivity contribution is -0.114. The number of carbonyl (C=O) groups is 1. The van der Waals surface area contributed by atoms with E-state index in [4.69, 9.17) is 10.3 Å². The zero-order chi connectivity index (χ0) is 14.2. The van der Waals surface area contributed by atoms with Crippen molar-refractivity contribution in [3.8, 4) is 11.6 Å². The molecule has 3 N–H and O–H groups in total. The molecule has 1 aliphatic rings. The standard InChI is InChI=1S/C12H15N5O2S.ClH/c1-7(18)14-11-15-8(6-20-11)9-16-10(17-19-9)12(13)4-2-3-5-12;/h6H,2-5,13H2,1H3,(H,14,15,18);1H. The van der Waals surface area contributed by atoms with Gasteiger partial charge in [-0.25, -0.2) is 4.98 Å². The molecule has 2 aromatic rings. The van der Waals surface area contributed by atoms with Gasteiger partial charge < -0.3 is 15.6 Å². The minimum absolute atomic E-state index is 0. The second-order valence-corrected chi connectivity index (χ2v) is 5.86. The van der Waals surface area contributed by atoms with Gasteiger partial charge in [-0.2, -0.15) is 4.98 Å². The minimum atomic E-state index is -0.474. The summed E-state index contributed by atoms with van der Waals surface area (Å²) in [6, 6.07) is 0. The van der Waals surface area contributed by atoms with E-state index in [1.807, 2.05) is 0 Å². The van der Waals surface area contributed by atoms with E-state index in [1.54, 1.807) is 5.38 Å². The fourth-order valence-corrected chi connectivity index (χ4v) is 3.07. The highest BCUT2D eigenvalue weighted by Crippen LogP contribution is 2.35. The number of amides is 1. The Morgan fingerprint density at radius 2 is 2.14 bits per heavy atom. The summed E-state index contributed by atoms with van der Waals surface area (Å²) in [5.41, 5.74) is 6.36. The molecule has 1 amide bonds. The maximum atomic E-state index is 11.0. The number of hydrogen-bond donors (Lipinski definition) is 2. The van der Waals surface area contributed by atoms with Crippen LogP contribution in [0, 0.1) is 0 Å². The molecule has 0 saturated heterocycles. The molecule has 0 bridgehead atoms. The van der Waals surface area contributed by atoms with Crippen molar-refractivity contribution in [1.29, 1.82) is 0 Å². The van der Waals surface area contributed by atoms with Gasteiger partial charge in [0, 0.05) is 12.3 Å². The second-order valence-electron chi connectivity index (χ2n) is 5.01. The highest BCUT2D eigenvalue weighted by atomic mass is 35.5. The number of rotatable bonds is 3. The highest BCUT2D eigenvalue weighted by molar-refractivity contribution is 7.14. The molecule has 0 aliphatic heterocycles. The lowest BCUT2D eigenvalue weighted by atomic mass is 9.99. The number of nitrogens with two attached hydrogens (primary N) is 1. The molecule has 1 saturated carbocycles. The Hall–Kier alpha value is -1.51. The molecule has 3 rings (SSSR count). The number of aromatic nitrogens is 3. The molecule has 0 unspecified atom stereocenters. The van der Waals surface area contributed by atoms with Gasteiger partial charge in [-0.3, -0.25) is 4.79 Å². The van der Waals surface area contributed by atoms with Crippen LogP contribution < -0.4 is 11.1 Å². The zero-order valence-corrected chi connectivity index (χ0v) is 13.1. The van der Waals surface area contributed by atoms with Crippen LogP contribution in [0.25, 0.3) is 11.6 Å². The third-order valence-electron chi connectivity index (χ3n) is 3.37. The first-order valence-electron chi connectivity index (χ1n) is 6.43. The minimum Gasteiger partial charge on any atom is -0.332 e. The van der Waals surface area contributed by atoms with Gasteiger partial charge in [0.25, 0.3) is 5.89 Å². The molecule has 0 spiro atoms. The van der Waals surface area contributed by atoms with Crippen LogP contribution in [0.2, 0.25) is 0 Å². The number of halogens is 1. The third kappa shape index (κ3) is 3.22. The normalized spacial score (nSPS) is 16.5. The number of hydrogen-bond acceptors (Lipinski definition) is 7. The van der Waals surface area contributed by atoms with Crippen molar-refractivity contribution in [3.05, 3.63) is 11.2 Å². The molecule has 0 atom stereocenters. The van der Waals surface area contributed by atoms with Crippen LogP contribution in [0.4, 0.5) is 5.13 Å². The maximum Gasteiger partial charge on any atom is 0.277 e. The van der Waals surface area contributed by atoms with Crippen LogP contribution in [0.3, 0.4) is 0 Å². The lowest BCUT2D eigenvalue weighted by Gasteiger charge is -2.17. The number of nitrogens with zero attached hydrogens (tertiary/aromatic N) is 3. The van der Waals surface area contributed by atoms with E-state index in [9.17, 15) is 4.79 Å². The van der Waals surface area contributed by atoms with E-state index in [0.29, 0.717) is 22.5 Å². The van der Waals surface area contributed by atoms with Crippen molar-refractivity contribution in [2.24, 2.45) is 5.73 Å². The molecule has 114 valence electrons. The van der Waals surface area contributed by atoms with Crippen LogP contribution in [-0.2, 0) is 10.3 Å². The Bertz CT molecular complexity index is 635. The summed E-state index contributed by atoms with van der Waals surface area (Å²) in [5.74, 6) is 0.715. The maximum absolute atomic E-state index is 11.0. The molecule has 21 heavy (non-hydrogen) atoms. The van der Waals surface area contributed by atoms with E-state index in [-0.39, 0.29) is 18.3 Å².